The van der Waals surface area contributed by atoms with Gasteiger partial charge in [-0.15, -0.1) is 0 Å². The normalized spacial score (nSPS) is 12.3. The van der Waals surface area contributed by atoms with Gasteiger partial charge in [-0.3, -0.25) is 4.79 Å². The van der Waals surface area contributed by atoms with Crippen molar-refractivity contribution in [3.63, 3.8) is 0 Å². The Balaban J connectivity index is 2.56. The van der Waals surface area contributed by atoms with E-state index in [-0.39, 0.29) is 18.0 Å². The van der Waals surface area contributed by atoms with Crippen molar-refractivity contribution in [2.75, 3.05) is 6.61 Å². The first-order valence-electron chi connectivity index (χ1n) is 6.37. The third-order valence-corrected chi connectivity index (χ3v) is 2.99. The van der Waals surface area contributed by atoms with E-state index in [4.69, 9.17) is 10.5 Å². The largest absolute Gasteiger partial charge is 0.493 e. The summed E-state index contributed by atoms with van der Waals surface area (Å²) in [6.45, 7) is 6.11. The fourth-order valence-electron chi connectivity index (χ4n) is 1.65. The van der Waals surface area contributed by atoms with E-state index < -0.39 is 0 Å². The van der Waals surface area contributed by atoms with Gasteiger partial charge in [0, 0.05) is 22.1 Å². The summed E-state index contributed by atoms with van der Waals surface area (Å²) in [7, 11) is 0. The Bertz CT molecular complexity index is 433. The van der Waals surface area contributed by atoms with Gasteiger partial charge in [0.2, 0.25) is 5.91 Å². The second-order valence-electron chi connectivity index (χ2n) is 4.79. The van der Waals surface area contributed by atoms with E-state index in [1.54, 1.807) is 0 Å². The van der Waals surface area contributed by atoms with Gasteiger partial charge in [0.15, 0.2) is 0 Å². The molecule has 0 aliphatic heterocycles. The van der Waals surface area contributed by atoms with E-state index in [0.717, 1.165) is 15.8 Å². The third-order valence-electron chi connectivity index (χ3n) is 2.50. The predicted octanol–water partition coefficient (Wildman–Crippen LogP) is 2.76. The number of carbonyl (C=O) groups is 1. The molecule has 1 atom stereocenters. The van der Waals surface area contributed by atoms with Crippen LogP contribution in [0.5, 0.6) is 5.75 Å². The van der Waals surface area contributed by atoms with Crippen LogP contribution in [0.25, 0.3) is 0 Å². The molecule has 1 aromatic rings. The minimum Gasteiger partial charge on any atom is -0.493 e. The second kappa shape index (κ2) is 7.50. The number of ether oxygens (including phenoxy) is 1. The van der Waals surface area contributed by atoms with Crippen molar-refractivity contribution < 1.29 is 9.53 Å². The Morgan fingerprint density at radius 2 is 2.11 bits per heavy atom. The summed E-state index contributed by atoms with van der Waals surface area (Å²) < 4.78 is 6.61. The molecule has 106 valence electrons. The molecular formula is C14H21BrN2O2. The molecule has 0 aliphatic rings. The lowest BCUT2D eigenvalue weighted by atomic mass is 10.1. The topological polar surface area (TPSA) is 64.3 Å². The van der Waals surface area contributed by atoms with Gasteiger partial charge >= 0.3 is 0 Å². The molecular weight excluding hydrogens is 308 g/mol. The van der Waals surface area contributed by atoms with Crippen LogP contribution in [-0.2, 0) is 4.79 Å². The Morgan fingerprint density at radius 1 is 1.42 bits per heavy atom. The van der Waals surface area contributed by atoms with Gasteiger partial charge in [-0.1, -0.05) is 15.9 Å². The number of amides is 1. The number of hydrogen-bond donors (Lipinski definition) is 2. The standard InChI is InChI=1S/C14H21BrN2O2/c1-9(2)17-14(18)6-7-19-13-5-4-11(15)8-12(13)10(3)16/h4-5,8-10H,6-7,16H2,1-3H3,(H,17,18)/t10-/m1/s1. The Labute approximate surface area is 122 Å². The maximum atomic E-state index is 11.5. The van der Waals surface area contributed by atoms with Crippen molar-refractivity contribution in [1.82, 2.24) is 5.32 Å². The summed E-state index contributed by atoms with van der Waals surface area (Å²) in [6, 6.07) is 5.74. The van der Waals surface area contributed by atoms with E-state index in [0.29, 0.717) is 13.0 Å². The van der Waals surface area contributed by atoms with Gasteiger partial charge in [0.25, 0.3) is 0 Å². The lowest BCUT2D eigenvalue weighted by molar-refractivity contribution is -0.122. The van der Waals surface area contributed by atoms with Gasteiger partial charge in [0.1, 0.15) is 5.75 Å². The lowest BCUT2D eigenvalue weighted by Gasteiger charge is -2.15. The highest BCUT2D eigenvalue weighted by Crippen LogP contribution is 2.27. The molecule has 0 unspecified atom stereocenters. The molecule has 3 N–H and O–H groups in total. The molecule has 1 amide bonds. The summed E-state index contributed by atoms with van der Waals surface area (Å²) in [6.07, 6.45) is 0.340. The van der Waals surface area contributed by atoms with Crippen LogP contribution in [0.1, 0.15) is 38.8 Å². The summed E-state index contributed by atoms with van der Waals surface area (Å²) in [5.74, 6) is 0.727. The van der Waals surface area contributed by atoms with Crippen molar-refractivity contribution >= 4 is 21.8 Å². The summed E-state index contributed by atoms with van der Waals surface area (Å²) in [5, 5.41) is 2.82. The van der Waals surface area contributed by atoms with Gasteiger partial charge in [0.05, 0.1) is 13.0 Å². The van der Waals surface area contributed by atoms with Crippen LogP contribution in [0.2, 0.25) is 0 Å². The highest BCUT2D eigenvalue weighted by Gasteiger charge is 2.10. The average Bonchev–Trinajstić information content (AvgIpc) is 2.29. The number of halogens is 1. The molecule has 1 rings (SSSR count). The summed E-state index contributed by atoms with van der Waals surface area (Å²) >= 11 is 3.41. The van der Waals surface area contributed by atoms with Crippen molar-refractivity contribution in [2.45, 2.75) is 39.3 Å². The fourth-order valence-corrected chi connectivity index (χ4v) is 2.03. The maximum absolute atomic E-state index is 11.5. The van der Waals surface area contributed by atoms with Crippen LogP contribution in [0.3, 0.4) is 0 Å². The molecule has 0 heterocycles. The Kier molecular flexibility index (Phi) is 6.31. The highest BCUT2D eigenvalue weighted by atomic mass is 79.9. The molecule has 0 saturated heterocycles. The van der Waals surface area contributed by atoms with Crippen molar-refractivity contribution in [3.8, 4) is 5.75 Å². The number of hydrogen-bond acceptors (Lipinski definition) is 3. The summed E-state index contributed by atoms with van der Waals surface area (Å²) in [5.41, 5.74) is 6.83. The van der Waals surface area contributed by atoms with Crippen LogP contribution < -0.4 is 15.8 Å². The SMILES string of the molecule is CC(C)NC(=O)CCOc1ccc(Br)cc1[C@@H](C)N. The Morgan fingerprint density at radius 3 is 2.68 bits per heavy atom. The zero-order valence-corrected chi connectivity index (χ0v) is 13.2. The molecule has 19 heavy (non-hydrogen) atoms. The van der Waals surface area contributed by atoms with E-state index in [1.165, 1.54) is 0 Å². The van der Waals surface area contributed by atoms with Gasteiger partial charge in [-0.2, -0.15) is 0 Å². The van der Waals surface area contributed by atoms with Crippen LogP contribution in [0.15, 0.2) is 22.7 Å². The van der Waals surface area contributed by atoms with Gasteiger partial charge in [-0.05, 0) is 39.0 Å². The number of nitrogens with one attached hydrogen (secondary N) is 1. The highest BCUT2D eigenvalue weighted by molar-refractivity contribution is 9.10. The van der Waals surface area contributed by atoms with Crippen LogP contribution in [0, 0.1) is 0 Å². The van der Waals surface area contributed by atoms with Crippen molar-refractivity contribution in [1.29, 1.82) is 0 Å². The maximum Gasteiger partial charge on any atom is 0.223 e. The number of rotatable bonds is 6. The molecule has 4 nitrogen and oxygen atoms in total. The Hall–Kier alpha value is -1.07. The van der Waals surface area contributed by atoms with E-state index in [1.807, 2.05) is 39.0 Å². The monoisotopic (exact) mass is 328 g/mol. The minimum absolute atomic E-state index is 0.00513. The molecule has 5 heteroatoms. The number of carbonyl (C=O) groups excluding carboxylic acids is 1. The molecule has 0 radical (unpaired) electrons. The second-order valence-corrected chi connectivity index (χ2v) is 5.71. The first kappa shape index (κ1) is 16.0. The number of nitrogens with two attached hydrogens (primary N) is 1. The van der Waals surface area contributed by atoms with Crippen molar-refractivity contribution in [3.05, 3.63) is 28.2 Å². The molecule has 0 aliphatic carbocycles. The van der Waals surface area contributed by atoms with E-state index >= 15 is 0 Å². The van der Waals surface area contributed by atoms with E-state index in [9.17, 15) is 4.79 Å². The number of benzene rings is 1. The lowest BCUT2D eigenvalue weighted by Crippen LogP contribution is -2.31. The smallest absolute Gasteiger partial charge is 0.223 e. The first-order chi connectivity index (χ1) is 8.90. The van der Waals surface area contributed by atoms with Crippen LogP contribution in [-0.4, -0.2) is 18.6 Å². The molecule has 0 bridgehead atoms. The van der Waals surface area contributed by atoms with Gasteiger partial charge in [-0.25, -0.2) is 0 Å². The molecule has 0 spiro atoms. The zero-order valence-electron chi connectivity index (χ0n) is 11.6. The predicted molar refractivity (Wildman–Crippen MR) is 80.1 cm³/mol. The van der Waals surface area contributed by atoms with Crippen molar-refractivity contribution in [2.24, 2.45) is 5.73 Å². The molecule has 0 aromatic heterocycles. The van der Waals surface area contributed by atoms with Crippen LogP contribution in [0.4, 0.5) is 0 Å². The quantitative estimate of drug-likeness (QED) is 0.843. The third kappa shape index (κ3) is 5.61. The minimum atomic E-state index is -0.114. The van der Waals surface area contributed by atoms with Gasteiger partial charge < -0.3 is 15.8 Å². The zero-order chi connectivity index (χ0) is 14.4. The molecule has 0 saturated carbocycles. The van der Waals surface area contributed by atoms with Crippen LogP contribution >= 0.6 is 15.9 Å². The molecule has 1 aromatic carbocycles. The molecule has 0 fully saturated rings. The van der Waals surface area contributed by atoms with E-state index in [2.05, 4.69) is 21.2 Å². The fraction of sp³-hybridized carbons (Fsp3) is 0.500. The first-order valence-corrected chi connectivity index (χ1v) is 7.16. The summed E-state index contributed by atoms with van der Waals surface area (Å²) in [4.78, 5) is 11.5. The average molecular weight is 329 g/mol.